The number of nitrogens with two attached hydrogens (primary N) is 1. The van der Waals surface area contributed by atoms with Gasteiger partial charge in [0, 0.05) is 29.2 Å². The lowest BCUT2D eigenvalue weighted by Gasteiger charge is -2.40. The number of carbonyl (C=O) groups is 1. The maximum absolute atomic E-state index is 12.9. The molecule has 166 valence electrons. The molecule has 0 unspecified atom stereocenters. The predicted molar refractivity (Wildman–Crippen MR) is 125 cm³/mol. The van der Waals surface area contributed by atoms with Gasteiger partial charge in [0.1, 0.15) is 0 Å². The number of nitrogens with zero attached hydrogens (tertiary/aromatic N) is 2. The summed E-state index contributed by atoms with van der Waals surface area (Å²) in [6.07, 6.45) is 5.11. The Labute approximate surface area is 193 Å². The number of amides is 1. The van der Waals surface area contributed by atoms with Crippen LogP contribution in [-0.2, 0) is 5.41 Å². The Kier molecular flexibility index (Phi) is 7.24. The summed E-state index contributed by atoms with van der Waals surface area (Å²) in [6.45, 7) is 4.64. The maximum Gasteiger partial charge on any atom is 0.257 e. The fourth-order valence-corrected chi connectivity index (χ4v) is 4.59. The molecule has 1 amide bonds. The van der Waals surface area contributed by atoms with E-state index in [0.717, 1.165) is 41.8 Å². The van der Waals surface area contributed by atoms with E-state index in [-0.39, 0.29) is 35.7 Å². The van der Waals surface area contributed by atoms with Gasteiger partial charge >= 0.3 is 0 Å². The minimum atomic E-state index is -0.117. The van der Waals surface area contributed by atoms with Crippen molar-refractivity contribution in [3.8, 4) is 0 Å². The second kappa shape index (κ2) is 9.55. The monoisotopic (exact) mass is 462 g/mol. The van der Waals surface area contributed by atoms with Crippen molar-refractivity contribution in [2.24, 2.45) is 5.73 Å². The standard InChI is InChI=1S/C23H27ClN4O2.ClH/c1-14(2)20-19-10-15(12-26-22(19)30-28-20)21(29)27-18-6-8-23(13-25,9-7-18)16-4-3-5-17(24)11-16;/h3-5,10-12,14,18H,6-9,13,25H2,1-2H3,(H,27,29);1H. The van der Waals surface area contributed by atoms with Crippen LogP contribution in [0.4, 0.5) is 0 Å². The van der Waals surface area contributed by atoms with E-state index in [1.54, 1.807) is 6.20 Å². The molecule has 0 aliphatic heterocycles. The minimum absolute atomic E-state index is 0. The summed E-state index contributed by atoms with van der Waals surface area (Å²) in [5, 5.41) is 8.77. The van der Waals surface area contributed by atoms with Gasteiger partial charge in [-0.3, -0.25) is 4.79 Å². The van der Waals surface area contributed by atoms with Gasteiger partial charge in [-0.05, 0) is 55.4 Å². The van der Waals surface area contributed by atoms with Gasteiger partial charge in [-0.1, -0.05) is 42.7 Å². The average Bonchev–Trinajstić information content (AvgIpc) is 3.18. The van der Waals surface area contributed by atoms with Crippen molar-refractivity contribution in [1.29, 1.82) is 0 Å². The van der Waals surface area contributed by atoms with E-state index in [9.17, 15) is 4.79 Å². The van der Waals surface area contributed by atoms with E-state index in [1.165, 1.54) is 5.56 Å². The molecule has 1 aromatic carbocycles. The summed E-state index contributed by atoms with van der Waals surface area (Å²) >= 11 is 6.20. The molecular formula is C23H28Cl2N4O2. The normalized spacial score (nSPS) is 21.1. The zero-order valence-corrected chi connectivity index (χ0v) is 19.3. The number of carbonyl (C=O) groups excluding carboxylic acids is 1. The summed E-state index contributed by atoms with van der Waals surface area (Å²) in [7, 11) is 0. The lowest BCUT2D eigenvalue weighted by atomic mass is 9.68. The second-order valence-corrected chi connectivity index (χ2v) is 8.98. The van der Waals surface area contributed by atoms with Gasteiger partial charge in [0.2, 0.25) is 0 Å². The molecule has 6 nitrogen and oxygen atoms in total. The highest BCUT2D eigenvalue weighted by Gasteiger charge is 2.36. The summed E-state index contributed by atoms with van der Waals surface area (Å²) in [4.78, 5) is 17.1. The van der Waals surface area contributed by atoms with Gasteiger partial charge in [-0.2, -0.15) is 0 Å². The van der Waals surface area contributed by atoms with Crippen LogP contribution in [-0.4, -0.2) is 28.6 Å². The first-order chi connectivity index (χ1) is 14.4. The largest absolute Gasteiger partial charge is 0.349 e. The molecule has 0 spiro atoms. The Morgan fingerprint density at radius 2 is 2.06 bits per heavy atom. The number of aromatic nitrogens is 2. The molecule has 0 saturated heterocycles. The number of fused-ring (bicyclic) bond motifs is 1. The third-order valence-electron chi connectivity index (χ3n) is 6.27. The van der Waals surface area contributed by atoms with E-state index in [4.69, 9.17) is 21.9 Å². The molecule has 3 N–H and O–H groups in total. The van der Waals surface area contributed by atoms with Crippen LogP contribution < -0.4 is 11.1 Å². The molecule has 2 heterocycles. The Morgan fingerprint density at radius 3 is 2.71 bits per heavy atom. The van der Waals surface area contributed by atoms with E-state index < -0.39 is 0 Å². The molecule has 31 heavy (non-hydrogen) atoms. The number of benzene rings is 1. The van der Waals surface area contributed by atoms with Crippen LogP contribution in [0.1, 0.15) is 67.1 Å². The lowest BCUT2D eigenvalue weighted by molar-refractivity contribution is 0.0917. The molecule has 1 aliphatic rings. The highest BCUT2D eigenvalue weighted by molar-refractivity contribution is 6.30. The zero-order valence-electron chi connectivity index (χ0n) is 17.7. The molecule has 1 aliphatic carbocycles. The molecule has 0 bridgehead atoms. The Hall–Kier alpha value is -2.15. The van der Waals surface area contributed by atoms with Gasteiger partial charge in [-0.15, -0.1) is 12.4 Å². The summed E-state index contributed by atoms with van der Waals surface area (Å²) in [5.41, 5.74) is 9.09. The molecule has 2 aromatic heterocycles. The first kappa shape index (κ1) is 23.5. The van der Waals surface area contributed by atoms with Crippen molar-refractivity contribution in [2.45, 2.75) is 56.9 Å². The molecular weight excluding hydrogens is 435 g/mol. The molecule has 3 aromatic rings. The number of halogens is 2. The highest BCUT2D eigenvalue weighted by Crippen LogP contribution is 2.39. The van der Waals surface area contributed by atoms with Crippen molar-refractivity contribution in [1.82, 2.24) is 15.5 Å². The smallest absolute Gasteiger partial charge is 0.257 e. The molecule has 4 rings (SSSR count). The topological polar surface area (TPSA) is 94.0 Å². The minimum Gasteiger partial charge on any atom is -0.349 e. The molecule has 8 heteroatoms. The second-order valence-electron chi connectivity index (χ2n) is 8.54. The van der Waals surface area contributed by atoms with Gasteiger partial charge in [-0.25, -0.2) is 4.98 Å². The SMILES string of the molecule is CC(C)c1noc2ncc(C(=O)NC3CCC(CN)(c4cccc(Cl)c4)CC3)cc12.Cl. The Morgan fingerprint density at radius 1 is 1.32 bits per heavy atom. The van der Waals surface area contributed by atoms with Crippen LogP contribution in [0.25, 0.3) is 11.1 Å². The fourth-order valence-electron chi connectivity index (χ4n) is 4.40. The quantitative estimate of drug-likeness (QED) is 0.556. The first-order valence-corrected chi connectivity index (χ1v) is 10.8. The van der Waals surface area contributed by atoms with E-state index in [1.807, 2.05) is 38.1 Å². The van der Waals surface area contributed by atoms with Gasteiger partial charge < -0.3 is 15.6 Å². The van der Waals surface area contributed by atoms with Crippen LogP contribution in [0.15, 0.2) is 41.1 Å². The fraction of sp³-hybridized carbons (Fsp3) is 0.435. The van der Waals surface area contributed by atoms with E-state index in [0.29, 0.717) is 17.8 Å². The van der Waals surface area contributed by atoms with Crippen molar-refractivity contribution in [3.05, 3.63) is 58.4 Å². The third kappa shape index (κ3) is 4.71. The van der Waals surface area contributed by atoms with E-state index in [2.05, 4.69) is 21.5 Å². The molecule has 1 fully saturated rings. The van der Waals surface area contributed by atoms with Crippen LogP contribution in [0, 0.1) is 0 Å². The average molecular weight is 463 g/mol. The van der Waals surface area contributed by atoms with Crippen molar-refractivity contribution >= 4 is 41.0 Å². The summed E-state index contributed by atoms with van der Waals surface area (Å²) in [6, 6.07) is 9.90. The number of rotatable bonds is 5. The van der Waals surface area contributed by atoms with Crippen LogP contribution >= 0.6 is 24.0 Å². The predicted octanol–water partition coefficient (Wildman–Crippen LogP) is 4.99. The van der Waals surface area contributed by atoms with Crippen molar-refractivity contribution < 1.29 is 9.32 Å². The number of hydrogen-bond donors (Lipinski definition) is 2. The van der Waals surface area contributed by atoms with Gasteiger partial charge in [0.15, 0.2) is 0 Å². The van der Waals surface area contributed by atoms with Crippen molar-refractivity contribution in [3.63, 3.8) is 0 Å². The third-order valence-corrected chi connectivity index (χ3v) is 6.51. The Balaban J connectivity index is 0.00000272. The van der Waals surface area contributed by atoms with E-state index >= 15 is 0 Å². The number of hydrogen-bond acceptors (Lipinski definition) is 5. The number of nitrogens with one attached hydrogen (secondary N) is 1. The van der Waals surface area contributed by atoms with Crippen LogP contribution in [0.3, 0.4) is 0 Å². The van der Waals surface area contributed by atoms with Gasteiger partial charge in [0.05, 0.1) is 16.6 Å². The Bertz CT molecular complexity index is 1060. The lowest BCUT2D eigenvalue weighted by Crippen LogP contribution is -2.45. The maximum atomic E-state index is 12.9. The molecule has 0 atom stereocenters. The molecule has 1 saturated carbocycles. The zero-order chi connectivity index (χ0) is 21.3. The van der Waals surface area contributed by atoms with Gasteiger partial charge in [0.25, 0.3) is 11.6 Å². The van der Waals surface area contributed by atoms with Crippen molar-refractivity contribution in [2.75, 3.05) is 6.54 Å². The van der Waals surface area contributed by atoms with Crippen LogP contribution in [0.5, 0.6) is 0 Å². The summed E-state index contributed by atoms with van der Waals surface area (Å²) in [5.74, 6) is 0.0777. The first-order valence-electron chi connectivity index (χ1n) is 10.4. The summed E-state index contributed by atoms with van der Waals surface area (Å²) < 4.78 is 5.27. The number of pyridine rings is 1. The highest BCUT2D eigenvalue weighted by atomic mass is 35.5. The van der Waals surface area contributed by atoms with Crippen LogP contribution in [0.2, 0.25) is 5.02 Å². The molecule has 0 radical (unpaired) electrons.